The molecule has 0 unspecified atom stereocenters. The van der Waals surface area contributed by atoms with E-state index in [1.54, 1.807) is 43.9 Å². The second-order valence-corrected chi connectivity index (χ2v) is 13.0. The number of alkyl halides is 3. The highest BCUT2D eigenvalue weighted by Gasteiger charge is 2.34. The molecule has 0 bridgehead atoms. The molecule has 43 heavy (non-hydrogen) atoms. The van der Waals surface area contributed by atoms with Crippen LogP contribution in [0.2, 0.25) is 5.02 Å². The van der Waals surface area contributed by atoms with E-state index >= 15 is 0 Å². The number of hydrogen-bond donors (Lipinski definition) is 1. The number of nitrogens with zero attached hydrogens (tertiary/aromatic N) is 4. The SMILES string of the molecule is CC(C)(C)OC(=O)N1CCC(Cn2c(O)c(C(Cc3ccc(Cl)cc3C(F)(F)F)=c3ccc4c(c3)C=NN=4)sc2=O)CC1. The molecule has 0 spiro atoms. The van der Waals surface area contributed by atoms with Gasteiger partial charge in [0.15, 0.2) is 0 Å². The summed E-state index contributed by atoms with van der Waals surface area (Å²) in [6, 6.07) is 8.68. The predicted octanol–water partition coefficient (Wildman–Crippen LogP) is 5.34. The lowest BCUT2D eigenvalue weighted by Crippen LogP contribution is -2.42. The second kappa shape index (κ2) is 11.8. The number of benzene rings is 2. The summed E-state index contributed by atoms with van der Waals surface area (Å²) in [7, 11) is 0. The lowest BCUT2D eigenvalue weighted by atomic mass is 9.96. The molecule has 1 N–H and O–H groups in total. The van der Waals surface area contributed by atoms with Crippen molar-refractivity contribution in [2.45, 2.75) is 58.4 Å². The minimum absolute atomic E-state index is 0.000832. The Hall–Kier alpha value is -3.64. The van der Waals surface area contributed by atoms with Crippen molar-refractivity contribution in [3.05, 3.63) is 83.2 Å². The van der Waals surface area contributed by atoms with E-state index in [1.165, 1.54) is 22.9 Å². The number of aromatic hydroxyl groups is 1. The van der Waals surface area contributed by atoms with Crippen LogP contribution in [-0.4, -0.2) is 45.6 Å². The van der Waals surface area contributed by atoms with Crippen LogP contribution in [0, 0.1) is 5.92 Å². The molecule has 2 aliphatic heterocycles. The average Bonchev–Trinajstić information content (AvgIpc) is 3.51. The summed E-state index contributed by atoms with van der Waals surface area (Å²) in [6.07, 6.45) is -2.54. The quantitative estimate of drug-likeness (QED) is 0.410. The molecule has 1 fully saturated rings. The average molecular weight is 635 g/mol. The molecule has 0 atom stereocenters. The maximum atomic E-state index is 14.0. The lowest BCUT2D eigenvalue weighted by Gasteiger charge is -2.33. The van der Waals surface area contributed by atoms with Crippen molar-refractivity contribution < 1.29 is 27.8 Å². The summed E-state index contributed by atoms with van der Waals surface area (Å²) in [5, 5.41) is 20.4. The number of thiazole rings is 1. The number of fused-ring (bicyclic) bond motifs is 1. The number of carbonyl (C=O) groups is 1. The molecule has 8 nitrogen and oxygen atoms in total. The zero-order valence-electron chi connectivity index (χ0n) is 23.7. The number of ether oxygens (including phenoxy) is 1. The minimum Gasteiger partial charge on any atom is -0.493 e. The summed E-state index contributed by atoms with van der Waals surface area (Å²) >= 11 is 6.70. The van der Waals surface area contributed by atoms with Gasteiger partial charge in [0.05, 0.1) is 22.0 Å². The van der Waals surface area contributed by atoms with E-state index in [-0.39, 0.29) is 40.2 Å². The molecule has 3 aromatic rings. The number of carbonyl (C=O) groups excluding carboxylic acids is 1. The number of halogens is 4. The number of aromatic nitrogens is 1. The Balaban J connectivity index is 1.49. The maximum absolute atomic E-state index is 14.0. The van der Waals surface area contributed by atoms with Gasteiger partial charge in [-0.15, -0.1) is 0 Å². The first-order valence-corrected chi connectivity index (χ1v) is 14.9. The van der Waals surface area contributed by atoms with Crippen molar-refractivity contribution >= 4 is 40.8 Å². The van der Waals surface area contributed by atoms with E-state index in [2.05, 4.69) is 10.2 Å². The standard InChI is InChI=1S/C30H30ClF3N4O4S/c1-29(2,3)42-27(40)37-10-8-17(9-11-37)16-38-26(39)25(43-28(38)41)22(18-5-7-24-20(12-18)15-35-36-24)13-19-4-6-21(31)14-23(19)30(32,33)34/h4-7,12,14-15,17,39H,8-11,13,16H2,1-3H3. The van der Waals surface area contributed by atoms with Gasteiger partial charge in [-0.1, -0.05) is 35.1 Å². The molecule has 0 radical (unpaired) electrons. The number of piperidine rings is 1. The van der Waals surface area contributed by atoms with Crippen LogP contribution in [0.1, 0.15) is 55.2 Å². The van der Waals surface area contributed by atoms with Crippen molar-refractivity contribution in [1.82, 2.24) is 9.47 Å². The van der Waals surface area contributed by atoms with E-state index < -0.39 is 28.3 Å². The van der Waals surface area contributed by atoms with Gasteiger partial charge in [0, 0.05) is 36.6 Å². The molecule has 5 rings (SSSR count). The highest BCUT2D eigenvalue weighted by molar-refractivity contribution is 7.10. The van der Waals surface area contributed by atoms with Gasteiger partial charge in [0.1, 0.15) is 5.60 Å². The van der Waals surface area contributed by atoms with Crippen LogP contribution in [-0.2, 0) is 23.9 Å². The van der Waals surface area contributed by atoms with Crippen molar-refractivity contribution in [3.63, 3.8) is 0 Å². The van der Waals surface area contributed by atoms with Crippen molar-refractivity contribution in [2.75, 3.05) is 13.1 Å². The summed E-state index contributed by atoms with van der Waals surface area (Å²) in [4.78, 5) is 27.0. The summed E-state index contributed by atoms with van der Waals surface area (Å²) in [5.74, 6) is -0.306. The van der Waals surface area contributed by atoms with Crippen LogP contribution in [0.3, 0.4) is 0 Å². The minimum atomic E-state index is -4.66. The Labute approximate surface area is 254 Å². The monoisotopic (exact) mass is 634 g/mol. The molecule has 2 aromatic carbocycles. The summed E-state index contributed by atoms with van der Waals surface area (Å²) in [5.41, 5.74) is -0.522. The van der Waals surface area contributed by atoms with Crippen molar-refractivity contribution in [2.24, 2.45) is 16.1 Å². The highest BCUT2D eigenvalue weighted by Crippen LogP contribution is 2.37. The van der Waals surface area contributed by atoms with Crippen LogP contribution in [0.15, 0.2) is 51.4 Å². The Morgan fingerprint density at radius 1 is 1.14 bits per heavy atom. The first-order chi connectivity index (χ1) is 20.2. The number of hydrogen-bond acceptors (Lipinski definition) is 7. The molecule has 3 heterocycles. The maximum Gasteiger partial charge on any atom is 0.416 e. The van der Waals surface area contributed by atoms with E-state index in [0.29, 0.717) is 47.6 Å². The van der Waals surface area contributed by atoms with Gasteiger partial charge in [-0.05, 0) is 80.2 Å². The largest absolute Gasteiger partial charge is 0.493 e. The number of amides is 1. The van der Waals surface area contributed by atoms with Crippen LogP contribution in [0.5, 0.6) is 5.88 Å². The zero-order chi connectivity index (χ0) is 31.1. The first kappa shape index (κ1) is 30.8. The smallest absolute Gasteiger partial charge is 0.416 e. The van der Waals surface area contributed by atoms with E-state index in [1.807, 2.05) is 0 Å². The molecule has 228 valence electrons. The Bertz CT molecular complexity index is 1770. The molecule has 1 amide bonds. The molecule has 2 aliphatic rings. The Kier molecular flexibility index (Phi) is 8.45. The zero-order valence-corrected chi connectivity index (χ0v) is 25.3. The second-order valence-electron chi connectivity index (χ2n) is 11.6. The van der Waals surface area contributed by atoms with Crippen LogP contribution in [0.25, 0.3) is 5.57 Å². The first-order valence-electron chi connectivity index (χ1n) is 13.7. The molecule has 1 aromatic heterocycles. The van der Waals surface area contributed by atoms with Gasteiger partial charge in [0.2, 0.25) is 5.88 Å². The summed E-state index contributed by atoms with van der Waals surface area (Å²) < 4.78 is 48.7. The van der Waals surface area contributed by atoms with Crippen LogP contribution < -0.4 is 15.4 Å². The van der Waals surface area contributed by atoms with Gasteiger partial charge < -0.3 is 14.7 Å². The molecule has 13 heteroatoms. The van der Waals surface area contributed by atoms with E-state index in [4.69, 9.17) is 16.3 Å². The van der Waals surface area contributed by atoms with Gasteiger partial charge in [-0.2, -0.15) is 23.4 Å². The molecule has 1 saturated heterocycles. The fourth-order valence-corrected chi connectivity index (χ4v) is 6.33. The summed E-state index contributed by atoms with van der Waals surface area (Å²) in [6.45, 7) is 6.50. The highest BCUT2D eigenvalue weighted by atomic mass is 35.5. The lowest BCUT2D eigenvalue weighted by molar-refractivity contribution is -0.138. The van der Waals surface area contributed by atoms with E-state index in [9.17, 15) is 27.9 Å². The van der Waals surface area contributed by atoms with Crippen LogP contribution >= 0.6 is 22.9 Å². The van der Waals surface area contributed by atoms with Gasteiger partial charge in [0.25, 0.3) is 0 Å². The Morgan fingerprint density at radius 2 is 1.86 bits per heavy atom. The van der Waals surface area contributed by atoms with Gasteiger partial charge >= 0.3 is 17.1 Å². The third-order valence-electron chi connectivity index (χ3n) is 7.33. The Morgan fingerprint density at radius 3 is 2.53 bits per heavy atom. The topological polar surface area (TPSA) is 96.5 Å². The normalized spacial score (nSPS) is 16.2. The number of likely N-dealkylation sites (tertiary alicyclic amines) is 1. The van der Waals surface area contributed by atoms with Crippen molar-refractivity contribution in [1.29, 1.82) is 0 Å². The van der Waals surface area contributed by atoms with E-state index in [0.717, 1.165) is 17.4 Å². The molecular formula is C30H30ClF3N4O4S. The van der Waals surface area contributed by atoms with Gasteiger partial charge in [-0.25, -0.2) is 4.79 Å². The molecular weight excluding hydrogens is 605 g/mol. The fraction of sp³-hybridized carbons (Fsp3) is 0.400. The number of rotatable bonds is 5. The molecule has 0 saturated carbocycles. The van der Waals surface area contributed by atoms with Crippen LogP contribution in [0.4, 0.5) is 18.0 Å². The molecule has 0 aliphatic carbocycles. The third kappa shape index (κ3) is 6.96. The predicted molar refractivity (Wildman–Crippen MR) is 158 cm³/mol. The van der Waals surface area contributed by atoms with Crippen molar-refractivity contribution in [3.8, 4) is 5.88 Å². The fourth-order valence-electron chi connectivity index (χ4n) is 5.20. The third-order valence-corrected chi connectivity index (χ3v) is 8.60. The van der Waals surface area contributed by atoms with Gasteiger partial charge in [-0.3, -0.25) is 9.36 Å².